The van der Waals surface area contributed by atoms with Gasteiger partial charge in [0.05, 0.1) is 16.5 Å². The van der Waals surface area contributed by atoms with Crippen LogP contribution < -0.4 is 10.1 Å². The van der Waals surface area contributed by atoms with Crippen LogP contribution in [0.25, 0.3) is 11.3 Å². The Hall–Kier alpha value is -2.30. The fraction of sp³-hybridized carbons (Fsp3) is 0.250. The van der Waals surface area contributed by atoms with Gasteiger partial charge in [-0.1, -0.05) is 46.6 Å². The molecule has 2 aromatic carbocycles. The number of rotatable bonds is 9. The van der Waals surface area contributed by atoms with E-state index in [2.05, 4.69) is 20.5 Å². The third-order valence-corrected chi connectivity index (χ3v) is 7.85. The molecule has 4 aromatic rings. The van der Waals surface area contributed by atoms with Crippen molar-refractivity contribution in [2.24, 2.45) is 0 Å². The van der Waals surface area contributed by atoms with Gasteiger partial charge in [-0.05, 0) is 62.7 Å². The summed E-state index contributed by atoms with van der Waals surface area (Å²) >= 11 is 21.0. The highest BCUT2D eigenvalue weighted by atomic mass is 35.5. The van der Waals surface area contributed by atoms with E-state index >= 15 is 0 Å². The molecule has 4 rings (SSSR count). The van der Waals surface area contributed by atoms with E-state index in [4.69, 9.17) is 39.5 Å². The van der Waals surface area contributed by atoms with Crippen LogP contribution in [0, 0.1) is 6.92 Å². The molecule has 1 amide bonds. The van der Waals surface area contributed by atoms with Gasteiger partial charge in [0.25, 0.3) is 0 Å². The maximum Gasteiger partial charge on any atom is 0.236 e. The number of nitrogens with one attached hydrogen (secondary N) is 1. The molecule has 12 heteroatoms. The first-order valence-corrected chi connectivity index (χ1v) is 13.9. The number of benzene rings is 2. The maximum absolute atomic E-state index is 12.6. The average Bonchev–Trinajstić information content (AvgIpc) is 3.47. The molecule has 1 atom stereocenters. The SMILES string of the molecule is CCn1c(SCC(=O)Nc2nc(-c3ccc(Cl)cc3Cl)cs2)nnc1C(C)Oc1ccc(Cl)c(C)c1. The number of carbonyl (C=O) groups is 1. The molecular formula is C24H22Cl3N5O2S2. The van der Waals surface area contributed by atoms with Crippen molar-refractivity contribution in [3.63, 3.8) is 0 Å². The molecule has 0 spiro atoms. The summed E-state index contributed by atoms with van der Waals surface area (Å²) in [5, 5.41) is 16.1. The molecule has 1 N–H and O–H groups in total. The minimum atomic E-state index is -0.338. The smallest absolute Gasteiger partial charge is 0.236 e. The molecule has 0 radical (unpaired) electrons. The minimum absolute atomic E-state index is 0.153. The summed E-state index contributed by atoms with van der Waals surface area (Å²) in [6.07, 6.45) is -0.338. The van der Waals surface area contributed by atoms with Crippen LogP contribution >= 0.6 is 57.9 Å². The van der Waals surface area contributed by atoms with Gasteiger partial charge in [0.2, 0.25) is 5.91 Å². The van der Waals surface area contributed by atoms with Gasteiger partial charge in [0.1, 0.15) is 5.75 Å². The molecule has 1 unspecified atom stereocenters. The normalized spacial score (nSPS) is 11.9. The van der Waals surface area contributed by atoms with Gasteiger partial charge in [-0.25, -0.2) is 4.98 Å². The van der Waals surface area contributed by atoms with E-state index in [-0.39, 0.29) is 17.8 Å². The molecule has 36 heavy (non-hydrogen) atoms. The number of amides is 1. The summed E-state index contributed by atoms with van der Waals surface area (Å²) in [7, 11) is 0. The summed E-state index contributed by atoms with van der Waals surface area (Å²) in [5.41, 5.74) is 2.36. The van der Waals surface area contributed by atoms with Crippen LogP contribution in [0.4, 0.5) is 5.13 Å². The predicted molar refractivity (Wildman–Crippen MR) is 148 cm³/mol. The van der Waals surface area contributed by atoms with E-state index in [1.807, 2.05) is 42.9 Å². The van der Waals surface area contributed by atoms with E-state index < -0.39 is 0 Å². The Kier molecular flexibility index (Phi) is 8.79. The monoisotopic (exact) mass is 581 g/mol. The first-order chi connectivity index (χ1) is 17.2. The van der Waals surface area contributed by atoms with Crippen molar-refractivity contribution in [3.8, 4) is 17.0 Å². The van der Waals surface area contributed by atoms with Crippen molar-refractivity contribution in [2.75, 3.05) is 11.1 Å². The standard InChI is InChI=1S/C24H22Cl3N5O2S2/c1-4-32-22(14(3)34-16-6-8-18(26)13(2)9-16)30-31-24(32)36-12-21(33)29-23-28-20(11-35-23)17-7-5-15(25)10-19(17)27/h5-11,14H,4,12H2,1-3H3,(H,28,29,33). The third-order valence-electron chi connectivity index (χ3n) is 5.16. The number of hydrogen-bond donors (Lipinski definition) is 1. The van der Waals surface area contributed by atoms with Crippen molar-refractivity contribution >= 4 is 68.9 Å². The topological polar surface area (TPSA) is 81.9 Å². The zero-order valence-corrected chi connectivity index (χ0v) is 23.5. The number of ether oxygens (including phenoxy) is 1. The number of anilines is 1. The van der Waals surface area contributed by atoms with Gasteiger partial charge >= 0.3 is 0 Å². The molecular weight excluding hydrogens is 561 g/mol. The summed E-state index contributed by atoms with van der Waals surface area (Å²) in [6.45, 7) is 6.47. The lowest BCUT2D eigenvalue weighted by atomic mass is 10.2. The molecule has 0 saturated carbocycles. The first kappa shape index (κ1) is 26.8. The van der Waals surface area contributed by atoms with Crippen molar-refractivity contribution < 1.29 is 9.53 Å². The van der Waals surface area contributed by atoms with Crippen LogP contribution in [0.5, 0.6) is 5.75 Å². The van der Waals surface area contributed by atoms with Crippen LogP contribution in [0.2, 0.25) is 15.1 Å². The van der Waals surface area contributed by atoms with Crippen LogP contribution in [0.1, 0.15) is 31.3 Å². The summed E-state index contributed by atoms with van der Waals surface area (Å²) in [5.74, 6) is 1.33. The average molecular weight is 583 g/mol. The lowest BCUT2D eigenvalue weighted by Crippen LogP contribution is -2.15. The molecule has 0 fully saturated rings. The van der Waals surface area contributed by atoms with Crippen LogP contribution in [0.3, 0.4) is 0 Å². The van der Waals surface area contributed by atoms with Crippen molar-refractivity contribution in [1.82, 2.24) is 19.7 Å². The number of aromatic nitrogens is 4. The molecule has 0 saturated heterocycles. The Morgan fingerprint density at radius 3 is 2.69 bits per heavy atom. The van der Waals surface area contributed by atoms with Gasteiger partial charge < -0.3 is 14.6 Å². The maximum atomic E-state index is 12.6. The van der Waals surface area contributed by atoms with E-state index in [9.17, 15) is 4.79 Å². The summed E-state index contributed by atoms with van der Waals surface area (Å²) in [6, 6.07) is 10.7. The Labute approximate surface area is 232 Å². The molecule has 0 aliphatic heterocycles. The fourth-order valence-electron chi connectivity index (χ4n) is 3.39. The Morgan fingerprint density at radius 1 is 1.17 bits per heavy atom. The van der Waals surface area contributed by atoms with E-state index in [1.165, 1.54) is 23.1 Å². The Morgan fingerprint density at radius 2 is 1.97 bits per heavy atom. The number of carbonyl (C=O) groups excluding carboxylic acids is 1. The van der Waals surface area contributed by atoms with Crippen LogP contribution in [-0.2, 0) is 11.3 Å². The number of thioether (sulfide) groups is 1. The zero-order chi connectivity index (χ0) is 25.8. The third kappa shape index (κ3) is 6.33. The van der Waals surface area contributed by atoms with E-state index in [1.54, 1.807) is 24.3 Å². The van der Waals surface area contributed by atoms with Crippen molar-refractivity contribution in [3.05, 3.63) is 68.2 Å². The minimum Gasteiger partial charge on any atom is -0.483 e. The second-order valence-electron chi connectivity index (χ2n) is 7.76. The molecule has 2 aromatic heterocycles. The van der Waals surface area contributed by atoms with Gasteiger partial charge in [-0.2, -0.15) is 0 Å². The van der Waals surface area contributed by atoms with Crippen molar-refractivity contribution in [1.29, 1.82) is 0 Å². The number of aryl methyl sites for hydroxylation is 1. The lowest BCUT2D eigenvalue weighted by Gasteiger charge is -2.16. The lowest BCUT2D eigenvalue weighted by molar-refractivity contribution is -0.113. The second-order valence-corrected chi connectivity index (χ2v) is 10.8. The Balaban J connectivity index is 1.37. The highest BCUT2D eigenvalue weighted by Gasteiger charge is 2.20. The summed E-state index contributed by atoms with van der Waals surface area (Å²) < 4.78 is 8.00. The largest absolute Gasteiger partial charge is 0.483 e. The summed E-state index contributed by atoms with van der Waals surface area (Å²) in [4.78, 5) is 17.1. The molecule has 0 aliphatic rings. The predicted octanol–water partition coefficient (Wildman–Crippen LogP) is 7.56. The number of halogens is 3. The molecule has 2 heterocycles. The number of thiazole rings is 1. The second kappa shape index (κ2) is 11.8. The molecule has 0 aliphatic carbocycles. The fourth-order valence-corrected chi connectivity index (χ4v) is 5.55. The van der Waals surface area contributed by atoms with Crippen LogP contribution in [-0.4, -0.2) is 31.4 Å². The van der Waals surface area contributed by atoms with E-state index in [0.29, 0.717) is 49.2 Å². The van der Waals surface area contributed by atoms with E-state index in [0.717, 1.165) is 11.1 Å². The quantitative estimate of drug-likeness (QED) is 0.205. The highest BCUT2D eigenvalue weighted by molar-refractivity contribution is 7.99. The molecule has 7 nitrogen and oxygen atoms in total. The Bertz CT molecular complexity index is 1390. The van der Waals surface area contributed by atoms with Gasteiger partial charge in [-0.15, -0.1) is 21.5 Å². The number of nitrogens with zero attached hydrogens (tertiary/aromatic N) is 4. The van der Waals surface area contributed by atoms with Crippen LogP contribution in [0.15, 0.2) is 46.9 Å². The zero-order valence-electron chi connectivity index (χ0n) is 19.6. The van der Waals surface area contributed by atoms with Crippen molar-refractivity contribution in [2.45, 2.75) is 38.6 Å². The number of hydrogen-bond acceptors (Lipinski definition) is 7. The highest BCUT2D eigenvalue weighted by Crippen LogP contribution is 2.32. The van der Waals surface area contributed by atoms with Gasteiger partial charge in [-0.3, -0.25) is 4.79 Å². The van der Waals surface area contributed by atoms with Gasteiger partial charge in [0.15, 0.2) is 22.2 Å². The first-order valence-electron chi connectivity index (χ1n) is 10.9. The van der Waals surface area contributed by atoms with Gasteiger partial charge in [0, 0.05) is 27.5 Å². The molecule has 0 bridgehead atoms. The molecule has 188 valence electrons.